The number of halogens is 3. The molecule has 7 heteroatoms. The number of rotatable bonds is 5. The van der Waals surface area contributed by atoms with Crippen LogP contribution in [0.15, 0.2) is 0 Å². The lowest BCUT2D eigenvalue weighted by atomic mass is 10.2. The molecule has 3 N–H and O–H groups in total. The van der Waals surface area contributed by atoms with E-state index >= 15 is 0 Å². The molecule has 0 radical (unpaired) electrons. The Morgan fingerprint density at radius 1 is 1.54 bits per heavy atom. The summed E-state index contributed by atoms with van der Waals surface area (Å²) in [4.78, 5) is 10.1. The van der Waals surface area contributed by atoms with Gasteiger partial charge in [0.05, 0.1) is 6.61 Å². The molecule has 4 nitrogen and oxygen atoms in total. The van der Waals surface area contributed by atoms with Gasteiger partial charge in [0.2, 0.25) is 0 Å². The normalized spacial score (nSPS) is 14.2. The highest BCUT2D eigenvalue weighted by Gasteiger charge is 2.28. The van der Waals surface area contributed by atoms with Crippen molar-refractivity contribution in [2.75, 3.05) is 6.61 Å². The Balaban J connectivity index is 3.41. The fraction of sp³-hybridized carbons (Fsp3) is 0.833. The van der Waals surface area contributed by atoms with Gasteiger partial charge in [0.25, 0.3) is 0 Å². The molecular formula is C6H10F3NO3. The lowest BCUT2D eigenvalue weighted by molar-refractivity contribution is -0.324. The number of carbonyl (C=O) groups is 1. The molecule has 0 amide bonds. The first-order valence-electron chi connectivity index (χ1n) is 3.52. The van der Waals surface area contributed by atoms with Gasteiger partial charge in [-0.1, -0.05) is 0 Å². The molecule has 0 aromatic carbocycles. The second-order valence-electron chi connectivity index (χ2n) is 2.38. The molecule has 0 aliphatic heterocycles. The van der Waals surface area contributed by atoms with Crippen LogP contribution in [0.3, 0.4) is 0 Å². The molecule has 0 heterocycles. The van der Waals surface area contributed by atoms with Gasteiger partial charge in [-0.15, -0.1) is 13.2 Å². The second-order valence-corrected chi connectivity index (χ2v) is 2.38. The standard InChI is InChI=1S/C6H10F3NO3/c7-6(8,9)13-3-1-2-4(10)5(11)12/h4H,1-3,10H2,(H,11,12)/t4-/m0/s1. The molecule has 0 saturated carbocycles. The number of alkyl halides is 3. The first-order valence-corrected chi connectivity index (χ1v) is 3.52. The molecule has 0 rings (SSSR count). The Bertz CT molecular complexity index is 171. The number of carboxylic acids is 1. The van der Waals surface area contributed by atoms with Crippen molar-refractivity contribution in [3.05, 3.63) is 0 Å². The Labute approximate surface area is 72.5 Å². The van der Waals surface area contributed by atoms with Gasteiger partial charge in [-0.2, -0.15) is 0 Å². The Morgan fingerprint density at radius 3 is 2.46 bits per heavy atom. The van der Waals surface area contributed by atoms with Crippen molar-refractivity contribution in [3.8, 4) is 0 Å². The molecule has 78 valence electrons. The summed E-state index contributed by atoms with van der Waals surface area (Å²) in [5.74, 6) is -1.23. The van der Waals surface area contributed by atoms with Crippen LogP contribution in [0.4, 0.5) is 13.2 Å². The van der Waals surface area contributed by atoms with E-state index in [0.717, 1.165) is 0 Å². The van der Waals surface area contributed by atoms with E-state index in [4.69, 9.17) is 10.8 Å². The van der Waals surface area contributed by atoms with Gasteiger partial charge in [-0.05, 0) is 12.8 Å². The second kappa shape index (κ2) is 5.03. The molecule has 0 aliphatic carbocycles. The van der Waals surface area contributed by atoms with Crippen molar-refractivity contribution < 1.29 is 27.8 Å². The van der Waals surface area contributed by atoms with Gasteiger partial charge >= 0.3 is 12.3 Å². The third kappa shape index (κ3) is 7.54. The van der Waals surface area contributed by atoms with Gasteiger partial charge in [-0.25, -0.2) is 0 Å². The first kappa shape index (κ1) is 12.2. The summed E-state index contributed by atoms with van der Waals surface area (Å²) in [6, 6.07) is -1.13. The fourth-order valence-corrected chi connectivity index (χ4v) is 0.615. The predicted molar refractivity (Wildman–Crippen MR) is 36.9 cm³/mol. The maximum absolute atomic E-state index is 11.4. The minimum Gasteiger partial charge on any atom is -0.480 e. The molecule has 0 aromatic rings. The third-order valence-corrected chi connectivity index (χ3v) is 1.24. The Hall–Kier alpha value is -0.820. The van der Waals surface area contributed by atoms with Crippen LogP contribution >= 0.6 is 0 Å². The van der Waals surface area contributed by atoms with Crippen LogP contribution in [0, 0.1) is 0 Å². The van der Waals surface area contributed by atoms with E-state index in [1.54, 1.807) is 0 Å². The van der Waals surface area contributed by atoms with E-state index in [1.807, 2.05) is 0 Å². The van der Waals surface area contributed by atoms with Gasteiger partial charge in [-0.3, -0.25) is 9.53 Å². The van der Waals surface area contributed by atoms with Crippen molar-refractivity contribution in [2.45, 2.75) is 25.2 Å². The van der Waals surface area contributed by atoms with Crippen molar-refractivity contribution >= 4 is 5.97 Å². The van der Waals surface area contributed by atoms with Crippen LogP contribution in [-0.4, -0.2) is 30.1 Å². The lowest BCUT2D eigenvalue weighted by Gasteiger charge is -2.08. The lowest BCUT2D eigenvalue weighted by Crippen LogP contribution is -2.30. The zero-order valence-corrected chi connectivity index (χ0v) is 6.67. The highest BCUT2D eigenvalue weighted by molar-refractivity contribution is 5.72. The average Bonchev–Trinajstić information content (AvgIpc) is 1.95. The number of hydrogen-bond donors (Lipinski definition) is 2. The molecule has 0 spiro atoms. The largest absolute Gasteiger partial charge is 0.522 e. The number of ether oxygens (including phenoxy) is 1. The van der Waals surface area contributed by atoms with Crippen molar-refractivity contribution in [3.63, 3.8) is 0 Å². The Kier molecular flexibility index (Phi) is 4.71. The van der Waals surface area contributed by atoms with Crippen molar-refractivity contribution in [2.24, 2.45) is 5.73 Å². The minimum absolute atomic E-state index is 0.0347. The van der Waals surface area contributed by atoms with E-state index in [1.165, 1.54) is 0 Å². The van der Waals surface area contributed by atoms with Crippen molar-refractivity contribution in [1.82, 2.24) is 0 Å². The van der Waals surface area contributed by atoms with E-state index in [-0.39, 0.29) is 12.8 Å². The smallest absolute Gasteiger partial charge is 0.480 e. The van der Waals surface area contributed by atoms with Crippen LogP contribution in [0.2, 0.25) is 0 Å². The average molecular weight is 201 g/mol. The van der Waals surface area contributed by atoms with Gasteiger partial charge in [0, 0.05) is 0 Å². The summed E-state index contributed by atoms with van der Waals surface area (Å²) in [5, 5.41) is 8.25. The number of nitrogens with two attached hydrogens (primary N) is 1. The van der Waals surface area contributed by atoms with Crippen LogP contribution in [0.25, 0.3) is 0 Å². The third-order valence-electron chi connectivity index (χ3n) is 1.24. The van der Waals surface area contributed by atoms with Gasteiger partial charge in [0.1, 0.15) is 6.04 Å². The monoisotopic (exact) mass is 201 g/mol. The molecule has 0 bridgehead atoms. The molecule has 0 saturated heterocycles. The maximum atomic E-state index is 11.4. The van der Waals surface area contributed by atoms with Gasteiger partial charge in [0.15, 0.2) is 0 Å². The summed E-state index contributed by atoms with van der Waals surface area (Å²) >= 11 is 0. The number of aliphatic carboxylic acids is 1. The van der Waals surface area contributed by atoms with Crippen molar-refractivity contribution in [1.29, 1.82) is 0 Å². The van der Waals surface area contributed by atoms with Crippen LogP contribution in [0.5, 0.6) is 0 Å². The van der Waals surface area contributed by atoms with Crippen LogP contribution in [0.1, 0.15) is 12.8 Å². The van der Waals surface area contributed by atoms with Crippen LogP contribution in [-0.2, 0) is 9.53 Å². The van der Waals surface area contributed by atoms with E-state index < -0.39 is 25.0 Å². The van der Waals surface area contributed by atoms with E-state index in [0.29, 0.717) is 0 Å². The minimum atomic E-state index is -4.66. The summed E-state index contributed by atoms with van der Waals surface area (Å²) in [6.07, 6.45) is -4.73. The summed E-state index contributed by atoms with van der Waals surface area (Å²) in [7, 11) is 0. The first-order chi connectivity index (χ1) is 5.83. The summed E-state index contributed by atoms with van der Waals surface area (Å²) in [5.41, 5.74) is 5.03. The molecule has 0 fully saturated rings. The molecule has 1 atom stereocenters. The van der Waals surface area contributed by atoms with Gasteiger partial charge < -0.3 is 10.8 Å². The van der Waals surface area contributed by atoms with E-state index in [2.05, 4.69) is 4.74 Å². The highest BCUT2D eigenvalue weighted by Crippen LogP contribution is 2.16. The van der Waals surface area contributed by atoms with Crippen LogP contribution < -0.4 is 5.73 Å². The van der Waals surface area contributed by atoms with E-state index in [9.17, 15) is 18.0 Å². The summed E-state index contributed by atoms with van der Waals surface area (Å²) < 4.78 is 37.5. The Morgan fingerprint density at radius 2 is 2.08 bits per heavy atom. The molecular weight excluding hydrogens is 191 g/mol. The highest BCUT2D eigenvalue weighted by atomic mass is 19.4. The number of hydrogen-bond acceptors (Lipinski definition) is 3. The maximum Gasteiger partial charge on any atom is 0.522 e. The number of carboxylic acid groups (broad SMARTS) is 1. The SMILES string of the molecule is N[C@@H](CCCOC(F)(F)F)C(=O)O. The fourth-order valence-electron chi connectivity index (χ4n) is 0.615. The predicted octanol–water partition coefficient (Wildman–Crippen LogP) is 0.715. The molecule has 13 heavy (non-hydrogen) atoms. The summed E-state index contributed by atoms with van der Waals surface area (Å²) in [6.45, 7) is -0.565. The quantitative estimate of drug-likeness (QED) is 0.642. The molecule has 0 aliphatic rings. The topological polar surface area (TPSA) is 72.5 Å². The molecule has 0 aromatic heterocycles. The zero-order valence-electron chi connectivity index (χ0n) is 6.67. The molecule has 0 unspecified atom stereocenters. The zero-order chi connectivity index (χ0) is 10.5.